The summed E-state index contributed by atoms with van der Waals surface area (Å²) in [5, 5.41) is 5.72. The summed E-state index contributed by atoms with van der Waals surface area (Å²) in [7, 11) is 0. The lowest BCUT2D eigenvalue weighted by atomic mass is 9.87. The summed E-state index contributed by atoms with van der Waals surface area (Å²) in [5.74, 6) is 0.0442. The van der Waals surface area contributed by atoms with Crippen molar-refractivity contribution in [3.05, 3.63) is 82.9 Å². The van der Waals surface area contributed by atoms with Crippen LogP contribution >= 0.6 is 0 Å². The Kier molecular flexibility index (Phi) is 6.20. The second-order valence-corrected chi connectivity index (χ2v) is 10.1. The van der Waals surface area contributed by atoms with Crippen molar-refractivity contribution in [2.75, 3.05) is 11.9 Å². The van der Waals surface area contributed by atoms with Crippen LogP contribution in [0.4, 0.5) is 5.69 Å². The first-order valence-electron chi connectivity index (χ1n) is 12.0. The zero-order valence-corrected chi connectivity index (χ0v) is 20.8. The Labute approximate surface area is 213 Å². The summed E-state index contributed by atoms with van der Waals surface area (Å²) >= 11 is 0. The number of aromatic amines is 1. The third-order valence-electron chi connectivity index (χ3n) is 6.29. The van der Waals surface area contributed by atoms with Gasteiger partial charge < -0.3 is 20.4 Å². The fourth-order valence-corrected chi connectivity index (χ4v) is 4.23. The number of rotatable bonds is 5. The fraction of sp³-hybridized carbons (Fsp3) is 0.250. The molecule has 3 N–H and O–H groups in total. The molecule has 0 bridgehead atoms. The maximum absolute atomic E-state index is 13.0. The van der Waals surface area contributed by atoms with E-state index in [4.69, 9.17) is 4.74 Å². The summed E-state index contributed by atoms with van der Waals surface area (Å²) in [6.45, 7) is 6.69. The van der Waals surface area contributed by atoms with Crippen LogP contribution in [0.1, 0.15) is 58.3 Å². The van der Waals surface area contributed by atoms with Crippen molar-refractivity contribution < 1.29 is 19.1 Å². The van der Waals surface area contributed by atoms with Crippen LogP contribution in [0.2, 0.25) is 0 Å². The first kappa shape index (κ1) is 24.2. The molecule has 37 heavy (non-hydrogen) atoms. The maximum Gasteiger partial charge on any atom is 0.272 e. The molecule has 188 valence electrons. The summed E-state index contributed by atoms with van der Waals surface area (Å²) < 4.78 is 5.42. The van der Waals surface area contributed by atoms with Gasteiger partial charge in [-0.15, -0.1) is 0 Å². The number of Topliss-reactive ketones (excluding diaryl/α,β-unsaturated/α-hetero) is 1. The SMILES string of the molecule is CC(C)(C)c1ccc(C(=O)Nc2c[nH]c3c(C(=O)NCc4ccc5c(c4)CC(=O)CO5)ncnc23)cc1. The monoisotopic (exact) mass is 497 g/mol. The Hall–Kier alpha value is -4.53. The van der Waals surface area contributed by atoms with Gasteiger partial charge in [0.15, 0.2) is 11.5 Å². The van der Waals surface area contributed by atoms with Crippen LogP contribution in [0.3, 0.4) is 0 Å². The minimum Gasteiger partial charge on any atom is -0.486 e. The van der Waals surface area contributed by atoms with Gasteiger partial charge in [0.1, 0.15) is 24.2 Å². The van der Waals surface area contributed by atoms with E-state index in [9.17, 15) is 14.4 Å². The van der Waals surface area contributed by atoms with E-state index in [2.05, 4.69) is 46.4 Å². The molecule has 0 fully saturated rings. The molecule has 9 heteroatoms. The summed E-state index contributed by atoms with van der Waals surface area (Å²) in [6.07, 6.45) is 3.21. The quantitative estimate of drug-likeness (QED) is 0.383. The Morgan fingerprint density at radius 1 is 1.05 bits per heavy atom. The van der Waals surface area contributed by atoms with Gasteiger partial charge in [-0.3, -0.25) is 14.4 Å². The molecule has 0 unspecified atom stereocenters. The third kappa shape index (κ3) is 5.06. The number of hydrogen-bond acceptors (Lipinski definition) is 6. The van der Waals surface area contributed by atoms with Crippen molar-refractivity contribution in [1.82, 2.24) is 20.3 Å². The minimum atomic E-state index is -0.394. The number of aromatic nitrogens is 3. The standard InChI is InChI=1S/C28H27N5O4/c1-28(2,3)19-7-5-17(6-8-19)26(35)33-21-13-29-24-23(21)31-15-32-25(24)27(36)30-12-16-4-9-22-18(10-16)11-20(34)14-37-22/h4-10,13,15,29H,11-12,14H2,1-3H3,(H,30,36)(H,33,35). The summed E-state index contributed by atoms with van der Waals surface area (Å²) in [4.78, 5) is 48.9. The lowest BCUT2D eigenvalue weighted by Crippen LogP contribution is -2.25. The van der Waals surface area contributed by atoms with Crippen LogP contribution in [0.5, 0.6) is 5.75 Å². The molecular weight excluding hydrogens is 470 g/mol. The maximum atomic E-state index is 13.0. The summed E-state index contributed by atoms with van der Waals surface area (Å²) in [5.41, 5.74) is 4.77. The molecule has 3 heterocycles. The molecule has 0 atom stereocenters. The zero-order chi connectivity index (χ0) is 26.2. The molecule has 5 rings (SSSR count). The number of nitrogens with zero attached hydrogens (tertiary/aromatic N) is 2. The number of H-pyrrole nitrogens is 1. The third-order valence-corrected chi connectivity index (χ3v) is 6.29. The number of ether oxygens (including phenoxy) is 1. The Balaban J connectivity index is 1.29. The number of benzene rings is 2. The minimum absolute atomic E-state index is 0.00684. The van der Waals surface area contributed by atoms with E-state index >= 15 is 0 Å². The molecule has 2 aromatic carbocycles. The van der Waals surface area contributed by atoms with Gasteiger partial charge in [0.2, 0.25) is 0 Å². The van der Waals surface area contributed by atoms with Gasteiger partial charge in [-0.2, -0.15) is 0 Å². The average molecular weight is 498 g/mol. The van der Waals surface area contributed by atoms with Crippen molar-refractivity contribution >= 4 is 34.3 Å². The van der Waals surface area contributed by atoms with E-state index in [1.807, 2.05) is 30.3 Å². The van der Waals surface area contributed by atoms with Crippen molar-refractivity contribution in [3.63, 3.8) is 0 Å². The number of ketones is 1. The number of amides is 2. The number of nitrogens with one attached hydrogen (secondary N) is 3. The highest BCUT2D eigenvalue weighted by Crippen LogP contribution is 2.26. The molecule has 0 radical (unpaired) electrons. The van der Waals surface area contributed by atoms with Crippen LogP contribution in [-0.4, -0.2) is 39.2 Å². The molecule has 0 spiro atoms. The molecule has 0 saturated carbocycles. The number of anilines is 1. The molecule has 9 nitrogen and oxygen atoms in total. The second kappa shape index (κ2) is 9.50. The van der Waals surface area contributed by atoms with Gasteiger partial charge in [0.25, 0.3) is 11.8 Å². The lowest BCUT2D eigenvalue weighted by Gasteiger charge is -2.19. The molecule has 1 aliphatic rings. The molecular formula is C28H27N5O4. The van der Waals surface area contributed by atoms with E-state index in [1.54, 1.807) is 18.3 Å². The molecule has 2 aromatic heterocycles. The molecule has 0 saturated heterocycles. The predicted octanol–water partition coefficient (Wildman–Crippen LogP) is 3.94. The van der Waals surface area contributed by atoms with Gasteiger partial charge in [-0.1, -0.05) is 39.0 Å². The number of carbonyl (C=O) groups excluding carboxylic acids is 3. The van der Waals surface area contributed by atoms with Gasteiger partial charge in [0, 0.05) is 30.3 Å². The molecule has 2 amide bonds. The van der Waals surface area contributed by atoms with E-state index < -0.39 is 5.91 Å². The molecule has 0 aliphatic carbocycles. The number of carbonyl (C=O) groups is 3. The van der Waals surface area contributed by atoms with Gasteiger partial charge in [0.05, 0.1) is 11.2 Å². The van der Waals surface area contributed by atoms with Gasteiger partial charge in [-0.05, 0) is 40.8 Å². The van der Waals surface area contributed by atoms with Crippen LogP contribution in [0.25, 0.3) is 11.0 Å². The largest absolute Gasteiger partial charge is 0.486 e. The zero-order valence-electron chi connectivity index (χ0n) is 20.8. The van der Waals surface area contributed by atoms with Crippen molar-refractivity contribution in [2.24, 2.45) is 0 Å². The molecule has 1 aliphatic heterocycles. The van der Waals surface area contributed by atoms with Gasteiger partial charge in [-0.25, -0.2) is 9.97 Å². The Bertz CT molecular complexity index is 1520. The highest BCUT2D eigenvalue weighted by Gasteiger charge is 2.20. The number of hydrogen-bond donors (Lipinski definition) is 3. The van der Waals surface area contributed by atoms with Crippen molar-refractivity contribution in [2.45, 2.75) is 39.2 Å². The van der Waals surface area contributed by atoms with Crippen LogP contribution in [0, 0.1) is 0 Å². The summed E-state index contributed by atoms with van der Waals surface area (Å²) in [6, 6.07) is 13.0. The normalized spacial score (nSPS) is 13.1. The van der Waals surface area contributed by atoms with E-state index in [1.165, 1.54) is 6.33 Å². The topological polar surface area (TPSA) is 126 Å². The Morgan fingerprint density at radius 2 is 1.84 bits per heavy atom. The highest BCUT2D eigenvalue weighted by molar-refractivity contribution is 6.11. The van der Waals surface area contributed by atoms with E-state index in [-0.39, 0.29) is 36.0 Å². The average Bonchev–Trinajstić information content (AvgIpc) is 3.29. The smallest absolute Gasteiger partial charge is 0.272 e. The lowest BCUT2D eigenvalue weighted by molar-refractivity contribution is -0.121. The highest BCUT2D eigenvalue weighted by atomic mass is 16.5. The van der Waals surface area contributed by atoms with Crippen molar-refractivity contribution in [1.29, 1.82) is 0 Å². The van der Waals surface area contributed by atoms with Gasteiger partial charge >= 0.3 is 0 Å². The van der Waals surface area contributed by atoms with E-state index in [0.717, 1.165) is 16.7 Å². The fourth-order valence-electron chi connectivity index (χ4n) is 4.23. The predicted molar refractivity (Wildman–Crippen MR) is 139 cm³/mol. The first-order valence-corrected chi connectivity index (χ1v) is 12.0. The van der Waals surface area contributed by atoms with Crippen LogP contribution in [0.15, 0.2) is 55.0 Å². The number of fused-ring (bicyclic) bond motifs is 2. The molecule has 4 aromatic rings. The second-order valence-electron chi connectivity index (χ2n) is 10.1. The van der Waals surface area contributed by atoms with Crippen LogP contribution in [-0.2, 0) is 23.2 Å². The van der Waals surface area contributed by atoms with Crippen LogP contribution < -0.4 is 15.4 Å². The van der Waals surface area contributed by atoms with E-state index in [0.29, 0.717) is 34.5 Å². The first-order chi connectivity index (χ1) is 17.7. The van der Waals surface area contributed by atoms with Crippen molar-refractivity contribution in [3.8, 4) is 5.75 Å². The Morgan fingerprint density at radius 3 is 2.59 bits per heavy atom.